The van der Waals surface area contributed by atoms with E-state index in [4.69, 9.17) is 11.6 Å². The standard InChI is InChI=1S/C25H22ClNO3/c26-21-14-6-4-12-19(21)23(28)17-25(30)20-13-5-7-15-22(20)27(24(25)29)16-8-11-18-9-2-1-3-10-18/h1-7,9-10,12-15,30H,8,11,16-17H2/t25-/m0/s1. The third-order valence-corrected chi connectivity index (χ3v) is 5.85. The molecule has 0 aliphatic carbocycles. The number of amides is 1. The van der Waals surface area contributed by atoms with Gasteiger partial charge in [0.15, 0.2) is 11.4 Å². The zero-order valence-electron chi connectivity index (χ0n) is 16.4. The predicted octanol–water partition coefficient (Wildman–Crippen LogP) is 4.78. The van der Waals surface area contributed by atoms with Gasteiger partial charge in [0.1, 0.15) is 0 Å². The molecule has 30 heavy (non-hydrogen) atoms. The molecular formula is C25H22ClNO3. The molecule has 1 amide bonds. The van der Waals surface area contributed by atoms with Gasteiger partial charge in [-0.1, -0.05) is 72.3 Å². The number of Topliss-reactive ketones (excluding diaryl/α,β-unsaturated/α-hetero) is 1. The van der Waals surface area contributed by atoms with Crippen molar-refractivity contribution in [1.82, 2.24) is 0 Å². The first-order valence-corrected chi connectivity index (χ1v) is 10.3. The average Bonchev–Trinajstić information content (AvgIpc) is 2.97. The molecule has 1 aliphatic rings. The van der Waals surface area contributed by atoms with E-state index in [1.807, 2.05) is 30.3 Å². The highest BCUT2D eigenvalue weighted by Crippen LogP contribution is 2.43. The van der Waals surface area contributed by atoms with Crippen LogP contribution in [0.4, 0.5) is 5.69 Å². The minimum absolute atomic E-state index is 0.306. The van der Waals surface area contributed by atoms with Gasteiger partial charge in [0.25, 0.3) is 5.91 Å². The van der Waals surface area contributed by atoms with Crippen LogP contribution in [0.5, 0.6) is 0 Å². The minimum Gasteiger partial charge on any atom is -0.375 e. The Balaban J connectivity index is 1.56. The summed E-state index contributed by atoms with van der Waals surface area (Å²) in [4.78, 5) is 27.7. The van der Waals surface area contributed by atoms with Gasteiger partial charge < -0.3 is 10.0 Å². The summed E-state index contributed by atoms with van der Waals surface area (Å²) in [6, 6.07) is 23.9. The number of hydrogen-bond acceptors (Lipinski definition) is 3. The van der Waals surface area contributed by atoms with Gasteiger partial charge in [-0.25, -0.2) is 0 Å². The van der Waals surface area contributed by atoms with Crippen LogP contribution in [0.3, 0.4) is 0 Å². The van der Waals surface area contributed by atoms with E-state index in [0.717, 1.165) is 12.8 Å². The number of aliphatic hydroxyl groups is 1. The summed E-state index contributed by atoms with van der Waals surface area (Å²) in [7, 11) is 0. The smallest absolute Gasteiger partial charge is 0.264 e. The lowest BCUT2D eigenvalue weighted by atomic mass is 9.88. The van der Waals surface area contributed by atoms with E-state index in [1.54, 1.807) is 41.3 Å². The lowest BCUT2D eigenvalue weighted by Crippen LogP contribution is -2.42. The molecule has 0 fully saturated rings. The molecule has 4 rings (SSSR count). The van der Waals surface area contributed by atoms with E-state index in [0.29, 0.717) is 28.4 Å². The first-order chi connectivity index (χ1) is 14.5. The first-order valence-electron chi connectivity index (χ1n) is 9.96. The van der Waals surface area contributed by atoms with Crippen LogP contribution in [0.1, 0.15) is 34.3 Å². The van der Waals surface area contributed by atoms with Gasteiger partial charge in [-0.05, 0) is 36.6 Å². The molecule has 1 aliphatic heterocycles. The van der Waals surface area contributed by atoms with Gasteiger partial charge >= 0.3 is 0 Å². The van der Waals surface area contributed by atoms with E-state index in [-0.39, 0.29) is 12.2 Å². The van der Waals surface area contributed by atoms with E-state index in [9.17, 15) is 14.7 Å². The Hall–Kier alpha value is -2.95. The second kappa shape index (κ2) is 8.42. The van der Waals surface area contributed by atoms with Gasteiger partial charge in [-0.2, -0.15) is 0 Å². The lowest BCUT2D eigenvalue weighted by Gasteiger charge is -2.23. The number of halogens is 1. The van der Waals surface area contributed by atoms with Crippen LogP contribution in [-0.4, -0.2) is 23.3 Å². The number of anilines is 1. The highest BCUT2D eigenvalue weighted by Gasteiger charge is 2.50. The summed E-state index contributed by atoms with van der Waals surface area (Å²) < 4.78 is 0. The number of carbonyl (C=O) groups is 2. The van der Waals surface area contributed by atoms with Gasteiger partial charge in [0, 0.05) is 17.7 Å². The van der Waals surface area contributed by atoms with Gasteiger partial charge in [-0.3, -0.25) is 9.59 Å². The molecule has 0 radical (unpaired) electrons. The normalized spacial score (nSPS) is 17.8. The van der Waals surface area contributed by atoms with E-state index >= 15 is 0 Å². The van der Waals surface area contributed by atoms with Crippen molar-refractivity contribution in [3.05, 3.63) is 101 Å². The van der Waals surface area contributed by atoms with E-state index in [1.165, 1.54) is 5.56 Å². The minimum atomic E-state index is -1.89. The maximum Gasteiger partial charge on any atom is 0.264 e. The van der Waals surface area contributed by atoms with Gasteiger partial charge in [0.2, 0.25) is 0 Å². The van der Waals surface area contributed by atoms with Crippen LogP contribution in [0, 0.1) is 0 Å². The van der Waals surface area contributed by atoms with Crippen molar-refractivity contribution in [3.63, 3.8) is 0 Å². The largest absolute Gasteiger partial charge is 0.375 e. The summed E-state index contributed by atoms with van der Waals surface area (Å²) in [5.74, 6) is -0.824. The van der Waals surface area contributed by atoms with Crippen LogP contribution >= 0.6 is 11.6 Å². The number of fused-ring (bicyclic) bond motifs is 1. The summed E-state index contributed by atoms with van der Waals surface area (Å²) in [6.07, 6.45) is 1.23. The molecule has 0 aromatic heterocycles. The molecule has 0 unspecified atom stereocenters. The fourth-order valence-corrected chi connectivity index (χ4v) is 4.24. The molecule has 1 N–H and O–H groups in total. The van der Waals surface area contributed by atoms with Crippen molar-refractivity contribution < 1.29 is 14.7 Å². The first kappa shape index (κ1) is 20.3. The molecule has 0 spiro atoms. The SMILES string of the molecule is O=C(C[C@@]1(O)C(=O)N(CCCc2ccccc2)c2ccccc21)c1ccccc1Cl. The van der Waals surface area contributed by atoms with Crippen LogP contribution in [0.25, 0.3) is 0 Å². The highest BCUT2D eigenvalue weighted by molar-refractivity contribution is 6.34. The van der Waals surface area contributed by atoms with Crippen molar-refractivity contribution in [1.29, 1.82) is 0 Å². The predicted molar refractivity (Wildman–Crippen MR) is 118 cm³/mol. The third kappa shape index (κ3) is 3.76. The number of carbonyl (C=O) groups excluding carboxylic acids is 2. The Kier molecular flexibility index (Phi) is 5.71. The molecule has 4 nitrogen and oxygen atoms in total. The van der Waals surface area contributed by atoms with Gasteiger partial charge in [-0.15, -0.1) is 0 Å². The van der Waals surface area contributed by atoms with E-state index < -0.39 is 11.5 Å². The molecule has 152 valence electrons. The van der Waals surface area contributed by atoms with Crippen LogP contribution in [0.2, 0.25) is 5.02 Å². The number of para-hydroxylation sites is 1. The summed E-state index contributed by atoms with van der Waals surface area (Å²) in [5.41, 5.74) is 0.738. The molecule has 0 bridgehead atoms. The number of rotatable bonds is 7. The monoisotopic (exact) mass is 419 g/mol. The highest BCUT2D eigenvalue weighted by atomic mass is 35.5. The maximum atomic E-state index is 13.3. The Bertz CT molecular complexity index is 1080. The van der Waals surface area contributed by atoms with Crippen molar-refractivity contribution in [2.45, 2.75) is 24.9 Å². The van der Waals surface area contributed by atoms with Crippen molar-refractivity contribution in [2.24, 2.45) is 0 Å². The quantitative estimate of drug-likeness (QED) is 0.560. The molecule has 3 aromatic rings. The number of aryl methyl sites for hydroxylation is 1. The zero-order valence-corrected chi connectivity index (χ0v) is 17.2. The van der Waals surface area contributed by atoms with Crippen molar-refractivity contribution in [2.75, 3.05) is 11.4 Å². The summed E-state index contributed by atoms with van der Waals surface area (Å²) in [5, 5.41) is 11.7. The average molecular weight is 420 g/mol. The van der Waals surface area contributed by atoms with Crippen LogP contribution < -0.4 is 4.90 Å². The van der Waals surface area contributed by atoms with E-state index in [2.05, 4.69) is 12.1 Å². The molecule has 1 heterocycles. The van der Waals surface area contributed by atoms with Crippen LogP contribution in [0.15, 0.2) is 78.9 Å². The summed E-state index contributed by atoms with van der Waals surface area (Å²) in [6.45, 7) is 0.466. The molecule has 0 saturated heterocycles. The fourth-order valence-electron chi connectivity index (χ4n) is 4.00. The molecule has 5 heteroatoms. The molecule has 0 saturated carbocycles. The molecular weight excluding hydrogens is 398 g/mol. The lowest BCUT2D eigenvalue weighted by molar-refractivity contribution is -0.135. The number of benzene rings is 3. The third-order valence-electron chi connectivity index (χ3n) is 5.52. The van der Waals surface area contributed by atoms with Gasteiger partial charge in [0.05, 0.1) is 17.1 Å². The Labute approximate surface area is 180 Å². The van der Waals surface area contributed by atoms with Crippen molar-refractivity contribution in [3.8, 4) is 0 Å². The second-order valence-electron chi connectivity index (χ2n) is 7.50. The molecule has 3 aromatic carbocycles. The van der Waals surface area contributed by atoms with Crippen LogP contribution in [-0.2, 0) is 16.8 Å². The summed E-state index contributed by atoms with van der Waals surface area (Å²) >= 11 is 6.14. The Morgan fingerprint density at radius 3 is 2.37 bits per heavy atom. The topological polar surface area (TPSA) is 57.6 Å². The number of nitrogens with zero attached hydrogens (tertiary/aromatic N) is 1. The second-order valence-corrected chi connectivity index (χ2v) is 7.91. The number of hydrogen-bond donors (Lipinski definition) is 1. The molecule has 1 atom stereocenters. The number of ketones is 1. The fraction of sp³-hybridized carbons (Fsp3) is 0.200. The van der Waals surface area contributed by atoms with Crippen molar-refractivity contribution >= 4 is 29.0 Å². The maximum absolute atomic E-state index is 13.3. The zero-order chi connectivity index (χ0) is 21.1. The Morgan fingerprint density at radius 1 is 0.933 bits per heavy atom. The Morgan fingerprint density at radius 2 is 1.60 bits per heavy atom.